The summed E-state index contributed by atoms with van der Waals surface area (Å²) < 4.78 is 24.2. The molecule has 0 spiro atoms. The minimum Gasteiger partial charge on any atom is -0.219 e. The zero-order chi connectivity index (χ0) is 13.1. The van der Waals surface area contributed by atoms with Crippen molar-refractivity contribution in [1.29, 1.82) is 0 Å². The quantitative estimate of drug-likeness (QED) is 0.765. The van der Waals surface area contributed by atoms with Crippen LogP contribution in [0.5, 0.6) is 0 Å². The van der Waals surface area contributed by atoms with Crippen LogP contribution in [0.4, 0.5) is 0 Å². The van der Waals surface area contributed by atoms with Crippen molar-refractivity contribution in [2.75, 3.05) is 0 Å². The molecule has 1 rings (SSSR count). The molecular weight excluding hydrogens is 232 g/mol. The van der Waals surface area contributed by atoms with E-state index in [9.17, 15) is 8.42 Å². The van der Waals surface area contributed by atoms with Gasteiger partial charge in [-0.05, 0) is 32.1 Å². The maximum absolute atomic E-state index is 12.1. The van der Waals surface area contributed by atoms with Gasteiger partial charge in [0.2, 0.25) is 9.84 Å². The van der Waals surface area contributed by atoms with Crippen molar-refractivity contribution in [2.45, 2.75) is 18.7 Å². The van der Waals surface area contributed by atoms with Gasteiger partial charge in [-0.2, -0.15) is 0 Å². The largest absolute Gasteiger partial charge is 0.219 e. The van der Waals surface area contributed by atoms with Gasteiger partial charge in [0, 0.05) is 0 Å². The molecular formula is C14H16O2S. The number of allylic oxidation sites excluding steroid dienone is 3. The Morgan fingerprint density at radius 2 is 1.65 bits per heavy atom. The highest BCUT2D eigenvalue weighted by Gasteiger charge is 2.16. The van der Waals surface area contributed by atoms with Gasteiger partial charge in [0.1, 0.15) is 0 Å². The zero-order valence-corrected chi connectivity index (χ0v) is 10.9. The molecule has 0 N–H and O–H groups in total. The topological polar surface area (TPSA) is 34.1 Å². The predicted molar refractivity (Wildman–Crippen MR) is 71.5 cm³/mol. The molecule has 0 fully saturated rings. The molecule has 0 atom stereocenters. The van der Waals surface area contributed by atoms with Crippen LogP contribution in [-0.2, 0) is 9.84 Å². The van der Waals surface area contributed by atoms with E-state index in [4.69, 9.17) is 0 Å². The maximum Gasteiger partial charge on any atom is 0.206 e. The average Bonchev–Trinajstić information content (AvgIpc) is 2.26. The number of benzene rings is 1. The summed E-state index contributed by atoms with van der Waals surface area (Å²) in [6, 6.07) is 6.71. The lowest BCUT2D eigenvalue weighted by Gasteiger charge is -2.04. The van der Waals surface area contributed by atoms with Gasteiger partial charge in [0.25, 0.3) is 0 Å². The van der Waals surface area contributed by atoms with E-state index < -0.39 is 9.84 Å². The van der Waals surface area contributed by atoms with Crippen molar-refractivity contribution in [3.8, 4) is 0 Å². The Bertz CT molecular complexity index is 561. The minimum absolute atomic E-state index is 0.0735. The summed E-state index contributed by atoms with van der Waals surface area (Å²) in [5.74, 6) is 0. The smallest absolute Gasteiger partial charge is 0.206 e. The molecule has 0 saturated carbocycles. The van der Waals surface area contributed by atoms with E-state index in [1.807, 2.05) is 6.92 Å². The van der Waals surface area contributed by atoms with E-state index in [1.54, 1.807) is 37.3 Å². The van der Waals surface area contributed by atoms with Crippen LogP contribution in [0.1, 0.15) is 12.5 Å². The van der Waals surface area contributed by atoms with E-state index in [-0.39, 0.29) is 9.80 Å². The second kappa shape index (κ2) is 5.15. The Labute approximate surface area is 103 Å². The number of sulfone groups is 1. The molecule has 0 unspecified atom stereocenters. The molecule has 0 aromatic heterocycles. The van der Waals surface area contributed by atoms with Gasteiger partial charge in [-0.25, -0.2) is 8.42 Å². The predicted octanol–water partition coefficient (Wildman–Crippen LogP) is 3.41. The molecule has 0 aliphatic rings. The van der Waals surface area contributed by atoms with E-state index in [0.29, 0.717) is 0 Å². The summed E-state index contributed by atoms with van der Waals surface area (Å²) in [5, 5.41) is 0. The third-order valence-electron chi connectivity index (χ3n) is 2.23. The lowest BCUT2D eigenvalue weighted by molar-refractivity contribution is 0.603. The molecule has 0 radical (unpaired) electrons. The van der Waals surface area contributed by atoms with Gasteiger partial charge in [-0.15, -0.1) is 0 Å². The van der Waals surface area contributed by atoms with E-state index >= 15 is 0 Å². The third kappa shape index (κ3) is 3.43. The van der Waals surface area contributed by atoms with Crippen LogP contribution < -0.4 is 0 Å². The van der Waals surface area contributed by atoms with Crippen molar-refractivity contribution in [3.63, 3.8) is 0 Å². The van der Waals surface area contributed by atoms with Gasteiger partial charge in [-0.1, -0.05) is 42.5 Å². The second-order valence-electron chi connectivity index (χ2n) is 3.96. The van der Waals surface area contributed by atoms with E-state index in [0.717, 1.165) is 11.1 Å². The normalized spacial score (nSPS) is 11.6. The highest BCUT2D eigenvalue weighted by molar-refractivity contribution is 7.95. The Morgan fingerprint density at radius 3 is 2.12 bits per heavy atom. The molecule has 17 heavy (non-hydrogen) atoms. The molecule has 0 aliphatic heterocycles. The maximum atomic E-state index is 12.1. The monoisotopic (exact) mass is 248 g/mol. The lowest BCUT2D eigenvalue weighted by Crippen LogP contribution is -2.02. The highest BCUT2D eigenvalue weighted by atomic mass is 32.2. The highest BCUT2D eigenvalue weighted by Crippen LogP contribution is 2.19. The summed E-state index contributed by atoms with van der Waals surface area (Å²) in [4.78, 5) is 0.337. The zero-order valence-electron chi connectivity index (χ0n) is 10.1. The Morgan fingerprint density at radius 1 is 1.12 bits per heavy atom. The average molecular weight is 248 g/mol. The van der Waals surface area contributed by atoms with Crippen LogP contribution >= 0.6 is 0 Å². The molecule has 0 bridgehead atoms. The van der Waals surface area contributed by atoms with Crippen molar-refractivity contribution >= 4 is 9.84 Å². The number of aryl methyl sites for hydroxylation is 1. The van der Waals surface area contributed by atoms with Gasteiger partial charge >= 0.3 is 0 Å². The van der Waals surface area contributed by atoms with Gasteiger partial charge < -0.3 is 0 Å². The molecule has 90 valence electrons. The fourth-order valence-electron chi connectivity index (χ4n) is 1.19. The van der Waals surface area contributed by atoms with Crippen LogP contribution in [0.2, 0.25) is 0 Å². The summed E-state index contributed by atoms with van der Waals surface area (Å²) in [6.45, 7) is 11.0. The van der Waals surface area contributed by atoms with Gasteiger partial charge in [0.15, 0.2) is 0 Å². The molecule has 1 aromatic carbocycles. The molecule has 3 heteroatoms. The first-order valence-corrected chi connectivity index (χ1v) is 6.66. The van der Waals surface area contributed by atoms with Crippen molar-refractivity contribution in [2.24, 2.45) is 0 Å². The minimum atomic E-state index is -3.47. The SMILES string of the molecule is C=C(C)/C=C\C(=C)S(=O)(=O)c1ccc(C)cc1. The second-order valence-corrected chi connectivity index (χ2v) is 5.97. The number of hydrogen-bond acceptors (Lipinski definition) is 2. The fraction of sp³-hybridized carbons (Fsp3) is 0.143. The van der Waals surface area contributed by atoms with Gasteiger partial charge in [-0.3, -0.25) is 0 Å². The molecule has 0 amide bonds. The van der Waals surface area contributed by atoms with Gasteiger partial charge in [0.05, 0.1) is 9.80 Å². The first-order valence-electron chi connectivity index (χ1n) is 5.18. The molecule has 0 aliphatic carbocycles. The van der Waals surface area contributed by atoms with Crippen LogP contribution in [0.15, 0.2) is 64.9 Å². The summed E-state index contributed by atoms with van der Waals surface area (Å²) in [6.07, 6.45) is 3.10. The molecule has 1 aromatic rings. The van der Waals surface area contributed by atoms with E-state index in [2.05, 4.69) is 13.2 Å². The van der Waals surface area contributed by atoms with Crippen LogP contribution in [0.3, 0.4) is 0 Å². The van der Waals surface area contributed by atoms with E-state index in [1.165, 1.54) is 6.08 Å². The van der Waals surface area contributed by atoms with Crippen LogP contribution in [0.25, 0.3) is 0 Å². The Hall–Kier alpha value is -1.61. The Kier molecular flexibility index (Phi) is 4.07. The molecule has 0 heterocycles. The molecule has 0 saturated heterocycles. The number of hydrogen-bond donors (Lipinski definition) is 0. The first kappa shape index (κ1) is 13.5. The fourth-order valence-corrected chi connectivity index (χ4v) is 2.24. The summed E-state index contributed by atoms with van der Waals surface area (Å²) >= 11 is 0. The lowest BCUT2D eigenvalue weighted by atomic mass is 10.2. The standard InChI is InChI=1S/C14H16O2S/c1-11(2)5-8-13(4)17(15,16)14-9-6-12(3)7-10-14/h5-10H,1,4H2,2-3H3/b8-5-. The van der Waals surface area contributed by atoms with Crippen LogP contribution in [-0.4, -0.2) is 8.42 Å². The van der Waals surface area contributed by atoms with Crippen molar-refractivity contribution < 1.29 is 8.42 Å². The third-order valence-corrected chi connectivity index (χ3v) is 3.95. The first-order chi connectivity index (χ1) is 7.84. The Balaban J connectivity index is 3.08. The summed E-state index contributed by atoms with van der Waals surface area (Å²) in [7, 11) is -3.47. The van der Waals surface area contributed by atoms with Crippen molar-refractivity contribution in [1.82, 2.24) is 0 Å². The van der Waals surface area contributed by atoms with Crippen molar-refractivity contribution in [3.05, 3.63) is 65.6 Å². The number of rotatable bonds is 4. The van der Waals surface area contributed by atoms with Crippen LogP contribution in [0, 0.1) is 6.92 Å². The molecule has 2 nitrogen and oxygen atoms in total. The summed E-state index contributed by atoms with van der Waals surface area (Å²) in [5.41, 5.74) is 1.80.